The maximum Gasteiger partial charge on any atom is 0.258 e. The standard InChI is InChI=1S/C10H13N5O/c1-6-4-8(7(2)15(6)3)10(16)12-9-5-11-14-13-9/h4-5H,1-3H3,(H2,11,12,13,14,16). The summed E-state index contributed by atoms with van der Waals surface area (Å²) in [6.07, 6.45) is 1.46. The van der Waals surface area contributed by atoms with Crippen LogP contribution in [0.2, 0.25) is 0 Å². The first-order chi connectivity index (χ1) is 7.59. The molecule has 2 aromatic heterocycles. The van der Waals surface area contributed by atoms with E-state index in [1.165, 1.54) is 6.20 Å². The molecule has 2 aromatic rings. The molecule has 6 nitrogen and oxygen atoms in total. The Kier molecular flexibility index (Phi) is 2.47. The van der Waals surface area contributed by atoms with Crippen LogP contribution in [-0.4, -0.2) is 25.9 Å². The summed E-state index contributed by atoms with van der Waals surface area (Å²) in [5.74, 6) is 0.251. The number of aromatic nitrogens is 4. The van der Waals surface area contributed by atoms with Gasteiger partial charge in [-0.1, -0.05) is 0 Å². The van der Waals surface area contributed by atoms with Crippen LogP contribution in [0.15, 0.2) is 12.3 Å². The highest BCUT2D eigenvalue weighted by atomic mass is 16.1. The van der Waals surface area contributed by atoms with E-state index in [4.69, 9.17) is 0 Å². The van der Waals surface area contributed by atoms with E-state index in [9.17, 15) is 4.79 Å². The molecular weight excluding hydrogens is 206 g/mol. The van der Waals surface area contributed by atoms with Crippen molar-refractivity contribution in [1.82, 2.24) is 20.0 Å². The first kappa shape index (κ1) is 10.4. The Hall–Kier alpha value is -2.11. The number of amides is 1. The second kappa shape index (κ2) is 3.80. The lowest BCUT2D eigenvalue weighted by atomic mass is 10.2. The van der Waals surface area contributed by atoms with Gasteiger partial charge in [0.1, 0.15) is 0 Å². The van der Waals surface area contributed by atoms with Gasteiger partial charge >= 0.3 is 0 Å². The van der Waals surface area contributed by atoms with Gasteiger partial charge in [0.05, 0.1) is 11.8 Å². The van der Waals surface area contributed by atoms with E-state index >= 15 is 0 Å². The fraction of sp³-hybridized carbons (Fsp3) is 0.300. The Balaban J connectivity index is 2.24. The molecule has 0 spiro atoms. The van der Waals surface area contributed by atoms with Crippen LogP contribution in [0.5, 0.6) is 0 Å². The van der Waals surface area contributed by atoms with Crippen LogP contribution in [0.25, 0.3) is 0 Å². The third-order valence-corrected chi connectivity index (χ3v) is 2.68. The van der Waals surface area contributed by atoms with Crippen molar-refractivity contribution in [2.24, 2.45) is 7.05 Å². The molecule has 0 unspecified atom stereocenters. The minimum Gasteiger partial charge on any atom is -0.351 e. The van der Waals surface area contributed by atoms with Crippen molar-refractivity contribution in [3.63, 3.8) is 0 Å². The second-order valence-corrected chi connectivity index (χ2v) is 3.65. The molecule has 16 heavy (non-hydrogen) atoms. The number of carbonyl (C=O) groups excluding carboxylic acids is 1. The van der Waals surface area contributed by atoms with Gasteiger partial charge in [-0.05, 0) is 19.9 Å². The number of rotatable bonds is 2. The van der Waals surface area contributed by atoms with Gasteiger partial charge in [0.15, 0.2) is 5.82 Å². The van der Waals surface area contributed by atoms with Crippen LogP contribution in [0.4, 0.5) is 5.82 Å². The Bertz CT molecular complexity index is 512. The highest BCUT2D eigenvalue weighted by Crippen LogP contribution is 2.14. The SMILES string of the molecule is Cc1cc(C(=O)Nc2cn[nH]n2)c(C)n1C. The number of carbonyl (C=O) groups is 1. The molecule has 0 aliphatic rings. The fourth-order valence-corrected chi connectivity index (χ4v) is 1.53. The van der Waals surface area contributed by atoms with Gasteiger partial charge in [0.25, 0.3) is 5.91 Å². The lowest BCUT2D eigenvalue weighted by molar-refractivity contribution is 0.102. The summed E-state index contributed by atoms with van der Waals surface area (Å²) in [6, 6.07) is 1.85. The van der Waals surface area contributed by atoms with Crippen molar-refractivity contribution >= 4 is 11.7 Å². The van der Waals surface area contributed by atoms with Gasteiger partial charge in [-0.15, -0.1) is 5.10 Å². The van der Waals surface area contributed by atoms with E-state index in [2.05, 4.69) is 20.7 Å². The molecule has 0 bridgehead atoms. The minimum absolute atomic E-state index is 0.171. The Morgan fingerprint density at radius 3 is 2.75 bits per heavy atom. The number of H-pyrrole nitrogens is 1. The molecule has 0 aliphatic heterocycles. The Labute approximate surface area is 92.7 Å². The lowest BCUT2D eigenvalue weighted by Crippen LogP contribution is -2.13. The molecule has 1 amide bonds. The maximum absolute atomic E-state index is 11.9. The summed E-state index contributed by atoms with van der Waals surface area (Å²) in [5.41, 5.74) is 2.63. The van der Waals surface area contributed by atoms with Crippen LogP contribution in [-0.2, 0) is 7.05 Å². The molecule has 0 saturated heterocycles. The molecule has 0 aromatic carbocycles. The zero-order chi connectivity index (χ0) is 11.7. The molecule has 2 rings (SSSR count). The molecule has 84 valence electrons. The quantitative estimate of drug-likeness (QED) is 0.791. The van der Waals surface area contributed by atoms with Crippen LogP contribution >= 0.6 is 0 Å². The van der Waals surface area contributed by atoms with Crippen molar-refractivity contribution in [1.29, 1.82) is 0 Å². The van der Waals surface area contributed by atoms with E-state index in [0.29, 0.717) is 11.4 Å². The second-order valence-electron chi connectivity index (χ2n) is 3.65. The molecule has 0 radical (unpaired) electrons. The van der Waals surface area contributed by atoms with Gasteiger partial charge in [-0.3, -0.25) is 4.79 Å². The predicted octanol–water partition coefficient (Wildman–Crippen LogP) is 1.01. The van der Waals surface area contributed by atoms with Crippen molar-refractivity contribution in [3.8, 4) is 0 Å². The summed E-state index contributed by atoms with van der Waals surface area (Å²) in [7, 11) is 1.93. The number of nitrogens with one attached hydrogen (secondary N) is 2. The summed E-state index contributed by atoms with van der Waals surface area (Å²) >= 11 is 0. The maximum atomic E-state index is 11.9. The summed E-state index contributed by atoms with van der Waals surface area (Å²) < 4.78 is 1.97. The summed E-state index contributed by atoms with van der Waals surface area (Å²) in [5, 5.41) is 12.5. The molecule has 0 atom stereocenters. The Morgan fingerprint density at radius 2 is 2.25 bits per heavy atom. The van der Waals surface area contributed by atoms with E-state index < -0.39 is 0 Å². The lowest BCUT2D eigenvalue weighted by Gasteiger charge is -2.02. The highest BCUT2D eigenvalue weighted by Gasteiger charge is 2.14. The van der Waals surface area contributed by atoms with Gasteiger partial charge in [-0.25, -0.2) is 0 Å². The van der Waals surface area contributed by atoms with Crippen molar-refractivity contribution in [3.05, 3.63) is 29.2 Å². The number of aromatic amines is 1. The van der Waals surface area contributed by atoms with E-state index in [-0.39, 0.29) is 5.91 Å². The summed E-state index contributed by atoms with van der Waals surface area (Å²) in [6.45, 7) is 3.87. The van der Waals surface area contributed by atoms with E-state index in [1.54, 1.807) is 0 Å². The summed E-state index contributed by atoms with van der Waals surface area (Å²) in [4.78, 5) is 11.9. The smallest absolute Gasteiger partial charge is 0.258 e. The molecule has 2 heterocycles. The van der Waals surface area contributed by atoms with E-state index in [1.807, 2.05) is 31.5 Å². The van der Waals surface area contributed by atoms with Crippen LogP contribution < -0.4 is 5.32 Å². The zero-order valence-corrected chi connectivity index (χ0v) is 9.40. The van der Waals surface area contributed by atoms with Gasteiger partial charge in [-0.2, -0.15) is 10.3 Å². The zero-order valence-electron chi connectivity index (χ0n) is 9.40. The molecule has 0 fully saturated rings. The Morgan fingerprint density at radius 1 is 1.50 bits per heavy atom. The van der Waals surface area contributed by atoms with Crippen molar-refractivity contribution < 1.29 is 4.79 Å². The number of hydrogen-bond acceptors (Lipinski definition) is 3. The first-order valence-corrected chi connectivity index (χ1v) is 4.89. The fourth-order valence-electron chi connectivity index (χ4n) is 1.53. The van der Waals surface area contributed by atoms with Crippen molar-refractivity contribution in [2.75, 3.05) is 5.32 Å². The topological polar surface area (TPSA) is 75.6 Å². The number of anilines is 1. The number of aryl methyl sites for hydroxylation is 1. The molecular formula is C10H13N5O. The largest absolute Gasteiger partial charge is 0.351 e. The normalized spacial score (nSPS) is 10.4. The first-order valence-electron chi connectivity index (χ1n) is 4.89. The predicted molar refractivity (Wildman–Crippen MR) is 59.2 cm³/mol. The molecule has 2 N–H and O–H groups in total. The van der Waals surface area contributed by atoms with Gasteiger partial charge in [0, 0.05) is 18.4 Å². The number of nitrogens with zero attached hydrogens (tertiary/aromatic N) is 3. The van der Waals surface area contributed by atoms with Crippen LogP contribution in [0, 0.1) is 13.8 Å². The van der Waals surface area contributed by atoms with E-state index in [0.717, 1.165) is 11.4 Å². The third kappa shape index (κ3) is 1.69. The van der Waals surface area contributed by atoms with Crippen molar-refractivity contribution in [2.45, 2.75) is 13.8 Å². The van der Waals surface area contributed by atoms with Gasteiger partial charge < -0.3 is 9.88 Å². The minimum atomic E-state index is -0.171. The monoisotopic (exact) mass is 219 g/mol. The average molecular weight is 219 g/mol. The highest BCUT2D eigenvalue weighted by molar-refractivity contribution is 6.04. The average Bonchev–Trinajstić information content (AvgIpc) is 2.83. The van der Waals surface area contributed by atoms with Gasteiger partial charge in [0.2, 0.25) is 0 Å². The van der Waals surface area contributed by atoms with Crippen LogP contribution in [0.1, 0.15) is 21.7 Å². The van der Waals surface area contributed by atoms with Crippen LogP contribution in [0.3, 0.4) is 0 Å². The molecule has 0 saturated carbocycles. The number of hydrogen-bond donors (Lipinski definition) is 2. The molecule has 0 aliphatic carbocycles. The molecule has 6 heteroatoms. The third-order valence-electron chi connectivity index (χ3n) is 2.68.